The van der Waals surface area contributed by atoms with Gasteiger partial charge in [0.2, 0.25) is 0 Å². The molecule has 0 saturated heterocycles. The molecule has 114 valence electrons. The van der Waals surface area contributed by atoms with Gasteiger partial charge in [-0.05, 0) is 42.8 Å². The van der Waals surface area contributed by atoms with Gasteiger partial charge in [-0.25, -0.2) is 4.39 Å². The van der Waals surface area contributed by atoms with Crippen LogP contribution >= 0.6 is 0 Å². The number of para-hydroxylation sites is 1. The van der Waals surface area contributed by atoms with Crippen molar-refractivity contribution < 1.29 is 9.18 Å². The van der Waals surface area contributed by atoms with E-state index in [4.69, 9.17) is 0 Å². The lowest BCUT2D eigenvalue weighted by Crippen LogP contribution is -2.14. The van der Waals surface area contributed by atoms with Crippen LogP contribution in [-0.4, -0.2) is 10.9 Å². The molecule has 3 aromatic rings. The van der Waals surface area contributed by atoms with Crippen LogP contribution < -0.4 is 5.32 Å². The molecule has 1 amide bonds. The van der Waals surface area contributed by atoms with Crippen molar-refractivity contribution in [3.05, 3.63) is 83.9 Å². The molecule has 0 atom stereocenters. The predicted octanol–water partition coefficient (Wildman–Crippen LogP) is 4.45. The van der Waals surface area contributed by atoms with Crippen LogP contribution in [-0.2, 0) is 0 Å². The predicted molar refractivity (Wildman–Crippen MR) is 88.8 cm³/mol. The van der Waals surface area contributed by atoms with Gasteiger partial charge in [0.1, 0.15) is 5.82 Å². The van der Waals surface area contributed by atoms with Crippen LogP contribution in [0.3, 0.4) is 0 Å². The Morgan fingerprint density at radius 2 is 1.74 bits per heavy atom. The van der Waals surface area contributed by atoms with Crippen LogP contribution in [0.25, 0.3) is 11.1 Å². The Bertz CT molecular complexity index is 844. The number of hydrogen-bond donors (Lipinski definition) is 1. The highest BCUT2D eigenvalue weighted by atomic mass is 19.1. The molecule has 0 aliphatic rings. The Morgan fingerprint density at radius 3 is 2.48 bits per heavy atom. The number of pyridine rings is 1. The van der Waals surface area contributed by atoms with Gasteiger partial charge < -0.3 is 5.32 Å². The summed E-state index contributed by atoms with van der Waals surface area (Å²) in [6.07, 6.45) is 1.65. The number of amides is 1. The van der Waals surface area contributed by atoms with E-state index in [0.29, 0.717) is 16.9 Å². The second-order valence-corrected chi connectivity index (χ2v) is 5.14. The molecule has 0 spiro atoms. The number of aryl methyl sites for hydroxylation is 1. The molecule has 1 heterocycles. The molecule has 3 rings (SSSR count). The molecule has 0 saturated carbocycles. The van der Waals surface area contributed by atoms with E-state index in [0.717, 1.165) is 11.1 Å². The minimum Gasteiger partial charge on any atom is -0.321 e. The second-order valence-electron chi connectivity index (χ2n) is 5.14. The number of carbonyl (C=O) groups is 1. The van der Waals surface area contributed by atoms with Gasteiger partial charge in [-0.15, -0.1) is 0 Å². The molecule has 0 unspecified atom stereocenters. The maximum atomic E-state index is 13.1. The average Bonchev–Trinajstić information content (AvgIpc) is 2.56. The number of benzene rings is 2. The van der Waals surface area contributed by atoms with Crippen molar-refractivity contribution in [2.45, 2.75) is 6.92 Å². The molecule has 0 fully saturated rings. The first-order valence-electron chi connectivity index (χ1n) is 7.23. The molecule has 2 aromatic carbocycles. The number of rotatable bonds is 3. The number of nitrogens with one attached hydrogen (secondary N) is 1. The van der Waals surface area contributed by atoms with Crippen molar-refractivity contribution in [3.8, 4) is 11.1 Å². The van der Waals surface area contributed by atoms with Crippen molar-refractivity contribution in [1.82, 2.24) is 4.98 Å². The van der Waals surface area contributed by atoms with Gasteiger partial charge in [-0.2, -0.15) is 0 Å². The fourth-order valence-corrected chi connectivity index (χ4v) is 2.39. The third kappa shape index (κ3) is 3.26. The van der Waals surface area contributed by atoms with E-state index < -0.39 is 0 Å². The van der Waals surface area contributed by atoms with Crippen LogP contribution in [0.4, 0.5) is 10.1 Å². The molecule has 23 heavy (non-hydrogen) atoms. The number of halogens is 1. The molecule has 0 radical (unpaired) electrons. The standard InChI is InChI=1S/C19H15FN2O/c1-13-16(6-4-12-21-13)19(23)22-18-7-3-2-5-17(18)14-8-10-15(20)11-9-14/h2-12H,1H3,(H,22,23). The Hall–Kier alpha value is -3.01. The zero-order valence-electron chi connectivity index (χ0n) is 12.6. The van der Waals surface area contributed by atoms with Crippen LogP contribution in [0, 0.1) is 12.7 Å². The van der Waals surface area contributed by atoms with Gasteiger partial charge in [0, 0.05) is 23.1 Å². The van der Waals surface area contributed by atoms with Crippen molar-refractivity contribution in [2.24, 2.45) is 0 Å². The van der Waals surface area contributed by atoms with E-state index in [9.17, 15) is 9.18 Å². The summed E-state index contributed by atoms with van der Waals surface area (Å²) in [5, 5.41) is 2.91. The lowest BCUT2D eigenvalue weighted by molar-refractivity contribution is 0.102. The molecule has 4 heteroatoms. The number of hydrogen-bond acceptors (Lipinski definition) is 2. The number of aromatic nitrogens is 1. The molecule has 0 aliphatic heterocycles. The van der Waals surface area contributed by atoms with E-state index >= 15 is 0 Å². The fourth-order valence-electron chi connectivity index (χ4n) is 2.39. The summed E-state index contributed by atoms with van der Waals surface area (Å²) < 4.78 is 13.1. The Balaban J connectivity index is 1.94. The van der Waals surface area contributed by atoms with E-state index in [2.05, 4.69) is 10.3 Å². The van der Waals surface area contributed by atoms with Gasteiger partial charge in [0.25, 0.3) is 5.91 Å². The van der Waals surface area contributed by atoms with Gasteiger partial charge in [0.15, 0.2) is 0 Å². The Kier molecular flexibility index (Phi) is 4.15. The molecular formula is C19H15FN2O. The highest BCUT2D eigenvalue weighted by Crippen LogP contribution is 2.28. The fraction of sp³-hybridized carbons (Fsp3) is 0.0526. The SMILES string of the molecule is Cc1ncccc1C(=O)Nc1ccccc1-c1ccc(F)cc1. The topological polar surface area (TPSA) is 42.0 Å². The highest BCUT2D eigenvalue weighted by Gasteiger charge is 2.12. The highest BCUT2D eigenvalue weighted by molar-refractivity contribution is 6.06. The zero-order valence-corrected chi connectivity index (χ0v) is 12.6. The van der Waals surface area contributed by atoms with Crippen LogP contribution in [0.5, 0.6) is 0 Å². The van der Waals surface area contributed by atoms with Crippen LogP contribution in [0.2, 0.25) is 0 Å². The minimum atomic E-state index is -0.291. The summed E-state index contributed by atoms with van der Waals surface area (Å²) in [6.45, 7) is 1.79. The number of anilines is 1. The second kappa shape index (κ2) is 6.40. The monoisotopic (exact) mass is 306 g/mol. The minimum absolute atomic E-state index is 0.217. The van der Waals surface area contributed by atoms with Crippen molar-refractivity contribution in [3.63, 3.8) is 0 Å². The summed E-state index contributed by atoms with van der Waals surface area (Å²) in [4.78, 5) is 16.6. The summed E-state index contributed by atoms with van der Waals surface area (Å²) >= 11 is 0. The average molecular weight is 306 g/mol. The first-order valence-corrected chi connectivity index (χ1v) is 7.23. The normalized spacial score (nSPS) is 10.3. The molecule has 0 bridgehead atoms. The molecule has 1 aromatic heterocycles. The molecule has 0 aliphatic carbocycles. The first-order chi connectivity index (χ1) is 11.1. The summed E-state index contributed by atoms with van der Waals surface area (Å²) in [5.74, 6) is -0.508. The third-order valence-electron chi connectivity index (χ3n) is 3.58. The van der Waals surface area contributed by atoms with Gasteiger partial charge in [0.05, 0.1) is 5.56 Å². The first kappa shape index (κ1) is 14.9. The van der Waals surface area contributed by atoms with E-state index in [1.54, 1.807) is 37.4 Å². The van der Waals surface area contributed by atoms with E-state index in [1.807, 2.05) is 24.3 Å². The van der Waals surface area contributed by atoms with Crippen molar-refractivity contribution in [2.75, 3.05) is 5.32 Å². The maximum absolute atomic E-state index is 13.1. The lowest BCUT2D eigenvalue weighted by atomic mass is 10.0. The van der Waals surface area contributed by atoms with Crippen molar-refractivity contribution in [1.29, 1.82) is 0 Å². The largest absolute Gasteiger partial charge is 0.321 e. The Morgan fingerprint density at radius 1 is 1.00 bits per heavy atom. The van der Waals surface area contributed by atoms with Gasteiger partial charge >= 0.3 is 0 Å². The quantitative estimate of drug-likeness (QED) is 0.777. The number of nitrogens with zero attached hydrogens (tertiary/aromatic N) is 1. The van der Waals surface area contributed by atoms with Gasteiger partial charge in [-0.1, -0.05) is 30.3 Å². The molecule has 1 N–H and O–H groups in total. The van der Waals surface area contributed by atoms with E-state index in [-0.39, 0.29) is 11.7 Å². The van der Waals surface area contributed by atoms with Crippen LogP contribution in [0.15, 0.2) is 66.9 Å². The molecular weight excluding hydrogens is 291 g/mol. The maximum Gasteiger partial charge on any atom is 0.257 e. The Labute approximate surface area is 133 Å². The smallest absolute Gasteiger partial charge is 0.257 e. The van der Waals surface area contributed by atoms with Gasteiger partial charge in [-0.3, -0.25) is 9.78 Å². The number of carbonyl (C=O) groups excluding carboxylic acids is 1. The van der Waals surface area contributed by atoms with Crippen molar-refractivity contribution >= 4 is 11.6 Å². The van der Waals surface area contributed by atoms with Crippen LogP contribution in [0.1, 0.15) is 16.1 Å². The summed E-state index contributed by atoms with van der Waals surface area (Å²) in [5.41, 5.74) is 3.55. The summed E-state index contributed by atoms with van der Waals surface area (Å²) in [7, 11) is 0. The lowest BCUT2D eigenvalue weighted by Gasteiger charge is -2.12. The molecule has 3 nitrogen and oxygen atoms in total. The third-order valence-corrected chi connectivity index (χ3v) is 3.58. The van der Waals surface area contributed by atoms with E-state index in [1.165, 1.54) is 12.1 Å². The summed E-state index contributed by atoms with van der Waals surface area (Å²) in [6, 6.07) is 17.1. The zero-order chi connectivity index (χ0) is 16.2.